The monoisotopic (exact) mass is 371 g/mol. The van der Waals surface area contributed by atoms with E-state index in [0.717, 1.165) is 18.4 Å². The summed E-state index contributed by atoms with van der Waals surface area (Å²) in [6, 6.07) is 16.4. The molecule has 3 N–H and O–H groups in total. The van der Waals surface area contributed by atoms with E-state index in [2.05, 4.69) is 16.0 Å². The molecule has 0 aliphatic heterocycles. The minimum Gasteiger partial charge on any atom is -0.334 e. The highest BCUT2D eigenvalue weighted by Gasteiger charge is 2.42. The quantitative estimate of drug-likeness (QED) is 0.740. The Balaban J connectivity index is 1.64. The normalized spacial score (nSPS) is 15.3. The minimum absolute atomic E-state index is 0.224. The fourth-order valence-electron chi connectivity index (χ4n) is 3.23. The molecule has 0 aromatic heterocycles. The SMILES string of the molecule is O=C(NCc1ccccc1)NC1(C(=O)Nc2ccccc2Cl)CCCC1. The van der Waals surface area contributed by atoms with E-state index in [1.165, 1.54) is 0 Å². The molecule has 0 unspecified atom stereocenters. The maximum absolute atomic E-state index is 12.9. The maximum atomic E-state index is 12.9. The molecular weight excluding hydrogens is 350 g/mol. The summed E-state index contributed by atoms with van der Waals surface area (Å²) in [5.41, 5.74) is 0.653. The van der Waals surface area contributed by atoms with Crippen molar-refractivity contribution in [3.05, 3.63) is 65.2 Å². The molecule has 26 heavy (non-hydrogen) atoms. The Labute approximate surface area is 158 Å². The van der Waals surface area contributed by atoms with Gasteiger partial charge < -0.3 is 16.0 Å². The summed E-state index contributed by atoms with van der Waals surface area (Å²) in [6.45, 7) is 0.412. The third kappa shape index (κ3) is 4.35. The number of para-hydroxylation sites is 1. The summed E-state index contributed by atoms with van der Waals surface area (Å²) in [7, 11) is 0. The fourth-order valence-corrected chi connectivity index (χ4v) is 3.41. The number of halogens is 1. The van der Waals surface area contributed by atoms with Gasteiger partial charge in [-0.3, -0.25) is 4.79 Å². The first-order valence-corrected chi connectivity index (χ1v) is 9.13. The first-order chi connectivity index (χ1) is 12.6. The van der Waals surface area contributed by atoms with E-state index >= 15 is 0 Å². The minimum atomic E-state index is -0.903. The molecule has 0 saturated heterocycles. The Hall–Kier alpha value is -2.53. The third-order valence-corrected chi connectivity index (χ3v) is 4.99. The Morgan fingerprint density at radius 1 is 0.962 bits per heavy atom. The van der Waals surface area contributed by atoms with E-state index in [1.807, 2.05) is 36.4 Å². The van der Waals surface area contributed by atoms with Gasteiger partial charge in [-0.2, -0.15) is 0 Å². The van der Waals surface area contributed by atoms with Crippen LogP contribution in [0.2, 0.25) is 5.02 Å². The average molecular weight is 372 g/mol. The van der Waals surface area contributed by atoms with Crippen LogP contribution >= 0.6 is 11.6 Å². The number of hydrogen-bond acceptors (Lipinski definition) is 2. The van der Waals surface area contributed by atoms with Crippen molar-refractivity contribution in [2.24, 2.45) is 0 Å². The van der Waals surface area contributed by atoms with Crippen LogP contribution in [0.5, 0.6) is 0 Å². The van der Waals surface area contributed by atoms with Crippen LogP contribution in [0, 0.1) is 0 Å². The van der Waals surface area contributed by atoms with Crippen molar-refractivity contribution in [1.29, 1.82) is 0 Å². The van der Waals surface area contributed by atoms with E-state index in [9.17, 15) is 9.59 Å². The Morgan fingerprint density at radius 2 is 1.62 bits per heavy atom. The lowest BCUT2D eigenvalue weighted by Gasteiger charge is -2.29. The molecule has 1 aliphatic rings. The lowest BCUT2D eigenvalue weighted by molar-refractivity contribution is -0.121. The Bertz CT molecular complexity index is 774. The summed E-state index contributed by atoms with van der Waals surface area (Å²) in [5, 5.41) is 9.05. The van der Waals surface area contributed by atoms with Gasteiger partial charge in [-0.05, 0) is 30.5 Å². The number of urea groups is 1. The molecule has 0 bridgehead atoms. The summed E-state index contributed by atoms with van der Waals surface area (Å²) in [5.74, 6) is -0.224. The molecule has 5 nitrogen and oxygen atoms in total. The number of nitrogens with one attached hydrogen (secondary N) is 3. The molecule has 3 amide bonds. The number of amides is 3. The number of carbonyl (C=O) groups excluding carboxylic acids is 2. The van der Waals surface area contributed by atoms with Gasteiger partial charge in [0.15, 0.2) is 0 Å². The van der Waals surface area contributed by atoms with Gasteiger partial charge in [0, 0.05) is 6.54 Å². The molecule has 2 aromatic rings. The van der Waals surface area contributed by atoms with Crippen molar-refractivity contribution < 1.29 is 9.59 Å². The van der Waals surface area contributed by atoms with Crippen molar-refractivity contribution in [3.63, 3.8) is 0 Å². The van der Waals surface area contributed by atoms with Crippen molar-refractivity contribution in [2.75, 3.05) is 5.32 Å². The summed E-state index contributed by atoms with van der Waals surface area (Å²) < 4.78 is 0. The number of benzene rings is 2. The second-order valence-electron chi connectivity index (χ2n) is 6.52. The highest BCUT2D eigenvalue weighted by Crippen LogP contribution is 2.32. The maximum Gasteiger partial charge on any atom is 0.315 e. The first kappa shape index (κ1) is 18.3. The van der Waals surface area contributed by atoms with Gasteiger partial charge in [-0.25, -0.2) is 4.79 Å². The van der Waals surface area contributed by atoms with E-state index in [1.54, 1.807) is 18.2 Å². The van der Waals surface area contributed by atoms with Crippen molar-refractivity contribution in [3.8, 4) is 0 Å². The smallest absolute Gasteiger partial charge is 0.315 e. The third-order valence-electron chi connectivity index (χ3n) is 4.66. The van der Waals surface area contributed by atoms with Crippen LogP contribution in [0.15, 0.2) is 54.6 Å². The molecule has 136 valence electrons. The second kappa shape index (κ2) is 8.23. The zero-order chi connectivity index (χ0) is 18.4. The Kier molecular flexibility index (Phi) is 5.78. The van der Waals surface area contributed by atoms with Gasteiger partial charge in [0.05, 0.1) is 10.7 Å². The lowest BCUT2D eigenvalue weighted by atomic mass is 9.96. The molecule has 0 atom stereocenters. The van der Waals surface area contributed by atoms with Crippen LogP contribution in [0.4, 0.5) is 10.5 Å². The van der Waals surface area contributed by atoms with Crippen molar-refractivity contribution in [1.82, 2.24) is 10.6 Å². The lowest BCUT2D eigenvalue weighted by Crippen LogP contribution is -2.57. The molecule has 1 saturated carbocycles. The zero-order valence-corrected chi connectivity index (χ0v) is 15.2. The standard InChI is InChI=1S/C20H22ClN3O2/c21-16-10-4-5-11-17(16)23-18(25)20(12-6-7-13-20)24-19(26)22-14-15-8-2-1-3-9-15/h1-5,8-11H,6-7,12-14H2,(H,23,25)(H2,22,24,26). The van der Waals surface area contributed by atoms with Gasteiger partial charge in [0.1, 0.15) is 5.54 Å². The molecule has 0 spiro atoms. The van der Waals surface area contributed by atoms with Gasteiger partial charge >= 0.3 is 6.03 Å². The first-order valence-electron chi connectivity index (χ1n) is 8.75. The van der Waals surface area contributed by atoms with Crippen molar-refractivity contribution in [2.45, 2.75) is 37.8 Å². The topological polar surface area (TPSA) is 70.2 Å². The molecule has 6 heteroatoms. The van der Waals surface area contributed by atoms with Crippen LogP contribution in [0.25, 0.3) is 0 Å². The largest absolute Gasteiger partial charge is 0.334 e. The van der Waals surface area contributed by atoms with E-state index < -0.39 is 5.54 Å². The number of anilines is 1. The molecule has 3 rings (SSSR count). The van der Waals surface area contributed by atoms with Crippen LogP contribution in [0.3, 0.4) is 0 Å². The second-order valence-corrected chi connectivity index (χ2v) is 6.92. The van der Waals surface area contributed by atoms with Gasteiger partial charge in [0.25, 0.3) is 0 Å². The Morgan fingerprint density at radius 3 is 2.31 bits per heavy atom. The molecule has 1 aliphatic carbocycles. The molecular formula is C20H22ClN3O2. The number of hydrogen-bond donors (Lipinski definition) is 3. The molecule has 1 fully saturated rings. The van der Waals surface area contributed by atoms with Crippen LogP contribution < -0.4 is 16.0 Å². The summed E-state index contributed by atoms with van der Waals surface area (Å²) in [6.07, 6.45) is 3.02. The van der Waals surface area contributed by atoms with E-state index in [4.69, 9.17) is 11.6 Å². The predicted octanol–water partition coefficient (Wildman–Crippen LogP) is 4.09. The van der Waals surface area contributed by atoms with Crippen LogP contribution in [-0.2, 0) is 11.3 Å². The van der Waals surface area contributed by atoms with Crippen molar-refractivity contribution >= 4 is 29.2 Å². The summed E-state index contributed by atoms with van der Waals surface area (Å²) >= 11 is 6.13. The highest BCUT2D eigenvalue weighted by molar-refractivity contribution is 6.33. The van der Waals surface area contributed by atoms with Gasteiger partial charge in [-0.1, -0.05) is 66.9 Å². The molecule has 0 heterocycles. The molecule has 2 aromatic carbocycles. The number of rotatable bonds is 5. The number of carbonyl (C=O) groups is 2. The van der Waals surface area contributed by atoms with E-state index in [-0.39, 0.29) is 11.9 Å². The van der Waals surface area contributed by atoms with Crippen LogP contribution in [-0.4, -0.2) is 17.5 Å². The highest BCUT2D eigenvalue weighted by atomic mass is 35.5. The molecule has 0 radical (unpaired) electrons. The fraction of sp³-hybridized carbons (Fsp3) is 0.300. The summed E-state index contributed by atoms with van der Waals surface area (Å²) in [4.78, 5) is 25.3. The average Bonchev–Trinajstić information content (AvgIpc) is 3.12. The van der Waals surface area contributed by atoms with Gasteiger partial charge in [0.2, 0.25) is 5.91 Å². The zero-order valence-electron chi connectivity index (χ0n) is 14.4. The predicted molar refractivity (Wildman–Crippen MR) is 103 cm³/mol. The van der Waals surface area contributed by atoms with Gasteiger partial charge in [-0.15, -0.1) is 0 Å². The van der Waals surface area contributed by atoms with Crippen LogP contribution in [0.1, 0.15) is 31.2 Å². The van der Waals surface area contributed by atoms with E-state index in [0.29, 0.717) is 30.1 Å².